The molecule has 188 valence electrons. The maximum Gasteiger partial charge on any atom is 0.240 e. The zero-order valence-electron chi connectivity index (χ0n) is 21.5. The van der Waals surface area contributed by atoms with E-state index >= 15 is 0 Å². The minimum absolute atomic E-state index is 0.157. The average Bonchev–Trinajstić information content (AvgIpc) is 2.78. The van der Waals surface area contributed by atoms with Crippen molar-refractivity contribution in [3.05, 3.63) is 42.1 Å². The lowest BCUT2D eigenvalue weighted by atomic mass is 9.69. The molecule has 1 saturated carbocycles. The maximum absolute atomic E-state index is 13.1. The van der Waals surface area contributed by atoms with Crippen LogP contribution in [0, 0.1) is 10.8 Å². The molecule has 0 aliphatic heterocycles. The van der Waals surface area contributed by atoms with Crippen molar-refractivity contribution in [1.29, 1.82) is 0 Å². The van der Waals surface area contributed by atoms with Gasteiger partial charge in [0.15, 0.2) is 0 Å². The molecule has 1 fully saturated rings. The lowest BCUT2D eigenvalue weighted by Gasteiger charge is -2.42. The number of benzene rings is 1. The summed E-state index contributed by atoms with van der Waals surface area (Å²) in [6.45, 7) is 11.7. The van der Waals surface area contributed by atoms with E-state index in [0.29, 0.717) is 12.2 Å². The van der Waals surface area contributed by atoms with Crippen LogP contribution in [0.5, 0.6) is 5.75 Å². The molecule has 1 aliphatic carbocycles. The van der Waals surface area contributed by atoms with Crippen molar-refractivity contribution in [3.8, 4) is 5.75 Å². The van der Waals surface area contributed by atoms with Crippen LogP contribution in [0.15, 0.2) is 41.3 Å². The Kier molecular flexibility index (Phi) is 7.82. The summed E-state index contributed by atoms with van der Waals surface area (Å²) >= 11 is 0. The second-order valence-corrected chi connectivity index (χ2v) is 12.8. The van der Waals surface area contributed by atoms with Gasteiger partial charge < -0.3 is 15.4 Å². The highest BCUT2D eigenvalue weighted by Crippen LogP contribution is 2.43. The van der Waals surface area contributed by atoms with Gasteiger partial charge in [0.25, 0.3) is 0 Å². The zero-order chi connectivity index (χ0) is 25.1. The van der Waals surface area contributed by atoms with Crippen LogP contribution >= 0.6 is 0 Å². The van der Waals surface area contributed by atoms with E-state index in [1.165, 1.54) is 0 Å². The Morgan fingerprint density at radius 3 is 2.38 bits per heavy atom. The van der Waals surface area contributed by atoms with E-state index in [0.717, 1.165) is 36.6 Å². The molecule has 1 heterocycles. The van der Waals surface area contributed by atoms with Gasteiger partial charge in [-0.3, -0.25) is 0 Å². The van der Waals surface area contributed by atoms with Gasteiger partial charge in [-0.05, 0) is 66.5 Å². The highest BCUT2D eigenvalue weighted by atomic mass is 32.2. The third-order valence-corrected chi connectivity index (χ3v) is 8.14. The Bertz CT molecular complexity index is 1080. The summed E-state index contributed by atoms with van der Waals surface area (Å²) < 4.78 is 34.4. The van der Waals surface area contributed by atoms with Gasteiger partial charge in [0.05, 0.1) is 17.7 Å². The number of ether oxygens (including phenoxy) is 1. The summed E-state index contributed by atoms with van der Waals surface area (Å²) in [7, 11) is -0.209. The number of nitrogens with zero attached hydrogens (tertiary/aromatic N) is 1. The third-order valence-electron chi connectivity index (χ3n) is 6.65. The molecular formula is C26H40N4O3S. The first kappa shape index (κ1) is 26.3. The molecule has 0 spiro atoms. The maximum atomic E-state index is 13.1. The van der Waals surface area contributed by atoms with E-state index in [1.807, 2.05) is 7.05 Å². The molecule has 1 aromatic heterocycles. The standard InChI is InChI=1S/C26H40N4O3S/c1-25(2,3)17-28-22-13-12-21(29-24(22)27-6)18-14-15-26(4,5)23(16-18)30-34(31,32)20-10-8-19(33-7)9-11-20/h8-13,18,23,28,30H,14-17H2,1-7H3,(H,27,29). The minimum Gasteiger partial charge on any atom is -0.497 e. The fourth-order valence-corrected chi connectivity index (χ4v) is 5.74. The lowest BCUT2D eigenvalue weighted by molar-refractivity contribution is 0.170. The lowest BCUT2D eigenvalue weighted by Crippen LogP contribution is -2.48. The summed E-state index contributed by atoms with van der Waals surface area (Å²) in [4.78, 5) is 5.15. The van der Waals surface area contributed by atoms with Gasteiger partial charge >= 0.3 is 0 Å². The fourth-order valence-electron chi connectivity index (χ4n) is 4.32. The molecule has 1 aliphatic rings. The Balaban J connectivity index is 1.79. The van der Waals surface area contributed by atoms with Crippen LogP contribution < -0.4 is 20.1 Å². The molecule has 34 heavy (non-hydrogen) atoms. The number of methoxy groups -OCH3 is 1. The molecule has 2 atom stereocenters. The van der Waals surface area contributed by atoms with E-state index in [-0.39, 0.29) is 27.7 Å². The third kappa shape index (κ3) is 6.42. The first-order chi connectivity index (χ1) is 15.8. The molecule has 2 aromatic rings. The van der Waals surface area contributed by atoms with Crippen molar-refractivity contribution < 1.29 is 13.2 Å². The van der Waals surface area contributed by atoms with Gasteiger partial charge in [0, 0.05) is 31.2 Å². The predicted molar refractivity (Wildman–Crippen MR) is 139 cm³/mol. The number of aromatic nitrogens is 1. The normalized spacial score (nSPS) is 20.6. The van der Waals surface area contributed by atoms with Crippen molar-refractivity contribution in [2.75, 3.05) is 31.3 Å². The van der Waals surface area contributed by atoms with E-state index in [9.17, 15) is 8.42 Å². The first-order valence-corrected chi connectivity index (χ1v) is 13.4. The SMILES string of the molecule is CNc1nc(C2CCC(C)(C)C(NS(=O)(=O)c3ccc(OC)cc3)C2)ccc1NCC(C)(C)C. The summed E-state index contributed by atoms with van der Waals surface area (Å²) in [5.41, 5.74) is 1.98. The van der Waals surface area contributed by atoms with Crippen molar-refractivity contribution in [3.63, 3.8) is 0 Å². The Morgan fingerprint density at radius 2 is 1.79 bits per heavy atom. The number of sulfonamides is 1. The van der Waals surface area contributed by atoms with Gasteiger partial charge in [-0.2, -0.15) is 0 Å². The van der Waals surface area contributed by atoms with Crippen LogP contribution in [-0.4, -0.2) is 40.1 Å². The molecule has 7 nitrogen and oxygen atoms in total. The van der Waals surface area contributed by atoms with Gasteiger partial charge in [0.1, 0.15) is 11.6 Å². The summed E-state index contributed by atoms with van der Waals surface area (Å²) in [6, 6.07) is 10.5. The van der Waals surface area contributed by atoms with Gasteiger partial charge in [-0.25, -0.2) is 18.1 Å². The molecule has 0 saturated heterocycles. The van der Waals surface area contributed by atoms with Gasteiger partial charge in [-0.15, -0.1) is 0 Å². The van der Waals surface area contributed by atoms with E-state index in [2.05, 4.69) is 62.1 Å². The smallest absolute Gasteiger partial charge is 0.240 e. The second kappa shape index (κ2) is 10.1. The molecule has 3 rings (SSSR count). The molecule has 0 amide bonds. The van der Waals surface area contributed by atoms with Crippen LogP contribution in [0.2, 0.25) is 0 Å². The number of pyridine rings is 1. The highest BCUT2D eigenvalue weighted by molar-refractivity contribution is 7.89. The number of hydrogen-bond acceptors (Lipinski definition) is 6. The predicted octanol–water partition coefficient (Wildman–Crippen LogP) is 5.23. The topological polar surface area (TPSA) is 92.4 Å². The highest BCUT2D eigenvalue weighted by Gasteiger charge is 2.39. The fraction of sp³-hybridized carbons (Fsp3) is 0.577. The Morgan fingerprint density at radius 1 is 1.12 bits per heavy atom. The van der Waals surface area contributed by atoms with Gasteiger partial charge in [-0.1, -0.05) is 34.6 Å². The van der Waals surface area contributed by atoms with E-state index in [1.54, 1.807) is 31.4 Å². The van der Waals surface area contributed by atoms with Crippen LogP contribution in [0.1, 0.15) is 65.5 Å². The minimum atomic E-state index is -3.65. The largest absolute Gasteiger partial charge is 0.497 e. The first-order valence-electron chi connectivity index (χ1n) is 11.9. The van der Waals surface area contributed by atoms with Crippen LogP contribution in [-0.2, 0) is 10.0 Å². The van der Waals surface area contributed by atoms with Gasteiger partial charge in [0.2, 0.25) is 10.0 Å². The van der Waals surface area contributed by atoms with Crippen molar-refractivity contribution in [2.45, 2.75) is 70.7 Å². The number of rotatable bonds is 8. The van der Waals surface area contributed by atoms with Crippen molar-refractivity contribution >= 4 is 21.5 Å². The Labute approximate surface area is 205 Å². The van der Waals surface area contributed by atoms with Crippen molar-refractivity contribution in [1.82, 2.24) is 9.71 Å². The zero-order valence-corrected chi connectivity index (χ0v) is 22.3. The summed E-state index contributed by atoms with van der Waals surface area (Å²) in [5, 5.41) is 6.70. The van der Waals surface area contributed by atoms with Crippen LogP contribution in [0.3, 0.4) is 0 Å². The second-order valence-electron chi connectivity index (χ2n) is 11.1. The molecule has 2 unspecified atom stereocenters. The number of anilines is 2. The molecule has 0 radical (unpaired) electrons. The quantitative estimate of drug-likeness (QED) is 0.471. The average molecular weight is 489 g/mol. The Hall–Kier alpha value is -2.32. The van der Waals surface area contributed by atoms with E-state index < -0.39 is 10.0 Å². The molecule has 0 bridgehead atoms. The molecule has 3 N–H and O–H groups in total. The molecule has 1 aromatic carbocycles. The summed E-state index contributed by atoms with van der Waals surface area (Å²) in [5.74, 6) is 1.63. The van der Waals surface area contributed by atoms with Crippen LogP contribution in [0.25, 0.3) is 0 Å². The van der Waals surface area contributed by atoms with Crippen molar-refractivity contribution in [2.24, 2.45) is 10.8 Å². The van der Waals surface area contributed by atoms with Crippen LogP contribution in [0.4, 0.5) is 11.5 Å². The molecular weight excluding hydrogens is 448 g/mol. The number of hydrogen-bond donors (Lipinski definition) is 3. The molecule has 8 heteroatoms. The number of nitrogens with one attached hydrogen (secondary N) is 3. The van der Waals surface area contributed by atoms with E-state index in [4.69, 9.17) is 9.72 Å². The summed E-state index contributed by atoms with van der Waals surface area (Å²) in [6.07, 6.45) is 2.58. The monoisotopic (exact) mass is 488 g/mol.